The van der Waals surface area contributed by atoms with Gasteiger partial charge in [-0.1, -0.05) is 6.42 Å². The van der Waals surface area contributed by atoms with E-state index in [4.69, 9.17) is 0 Å². The Labute approximate surface area is 99.0 Å². The van der Waals surface area contributed by atoms with Crippen molar-refractivity contribution in [3.8, 4) is 0 Å². The molecule has 0 aromatic heterocycles. The van der Waals surface area contributed by atoms with Crippen LogP contribution in [0.25, 0.3) is 0 Å². The second-order valence-electron chi connectivity index (χ2n) is 4.54. The van der Waals surface area contributed by atoms with Crippen molar-refractivity contribution in [2.75, 3.05) is 5.32 Å². The lowest BCUT2D eigenvalue weighted by molar-refractivity contribution is -0.384. The second kappa shape index (κ2) is 4.69. The summed E-state index contributed by atoms with van der Waals surface area (Å²) in [7, 11) is 0. The molecule has 1 aromatic rings. The topological polar surface area (TPSA) is 55.2 Å². The van der Waals surface area contributed by atoms with Crippen LogP contribution in [0.4, 0.5) is 15.8 Å². The Morgan fingerprint density at radius 2 is 2.24 bits per heavy atom. The molecule has 5 heteroatoms. The average Bonchev–Trinajstić information content (AvgIpc) is 2.13. The SMILES string of the molecule is CC(Nc1cc(F)ccc1[N+](=O)[O-])C1CCC1. The molecule has 17 heavy (non-hydrogen) atoms. The molecule has 1 saturated carbocycles. The van der Waals surface area contributed by atoms with Crippen molar-refractivity contribution >= 4 is 11.4 Å². The maximum Gasteiger partial charge on any atom is 0.292 e. The first-order valence-electron chi connectivity index (χ1n) is 5.78. The first-order chi connectivity index (χ1) is 8.08. The van der Waals surface area contributed by atoms with Crippen molar-refractivity contribution in [2.45, 2.75) is 32.2 Å². The third-order valence-electron chi connectivity index (χ3n) is 3.40. The zero-order chi connectivity index (χ0) is 12.4. The summed E-state index contributed by atoms with van der Waals surface area (Å²) in [6.45, 7) is 1.98. The van der Waals surface area contributed by atoms with Gasteiger partial charge in [-0.2, -0.15) is 0 Å². The van der Waals surface area contributed by atoms with Crippen LogP contribution in [0.5, 0.6) is 0 Å². The standard InChI is InChI=1S/C12H15FN2O2/c1-8(9-3-2-4-9)14-11-7-10(13)5-6-12(11)15(16)17/h5-9,14H,2-4H2,1H3. The van der Waals surface area contributed by atoms with E-state index in [1.165, 1.54) is 18.6 Å². The molecule has 0 heterocycles. The fourth-order valence-corrected chi connectivity index (χ4v) is 2.09. The normalized spacial score (nSPS) is 17.3. The maximum atomic E-state index is 13.1. The van der Waals surface area contributed by atoms with Gasteiger partial charge in [-0.05, 0) is 31.7 Å². The van der Waals surface area contributed by atoms with Gasteiger partial charge in [-0.3, -0.25) is 10.1 Å². The number of hydrogen-bond donors (Lipinski definition) is 1. The van der Waals surface area contributed by atoms with E-state index in [0.717, 1.165) is 18.9 Å². The molecule has 0 radical (unpaired) electrons. The monoisotopic (exact) mass is 238 g/mol. The summed E-state index contributed by atoms with van der Waals surface area (Å²) in [5.41, 5.74) is 0.201. The fraction of sp³-hybridized carbons (Fsp3) is 0.500. The molecular formula is C12H15FN2O2. The Balaban J connectivity index is 2.17. The molecule has 0 spiro atoms. The fourth-order valence-electron chi connectivity index (χ4n) is 2.09. The van der Waals surface area contributed by atoms with Crippen LogP contribution in [0.15, 0.2) is 18.2 Å². The van der Waals surface area contributed by atoms with E-state index in [-0.39, 0.29) is 17.4 Å². The summed E-state index contributed by atoms with van der Waals surface area (Å²) < 4.78 is 13.1. The van der Waals surface area contributed by atoms with Crippen LogP contribution in [-0.2, 0) is 0 Å². The smallest absolute Gasteiger partial charge is 0.292 e. The van der Waals surface area contributed by atoms with E-state index in [9.17, 15) is 14.5 Å². The highest BCUT2D eigenvalue weighted by Gasteiger charge is 2.25. The summed E-state index contributed by atoms with van der Waals surface area (Å²) >= 11 is 0. The molecule has 1 unspecified atom stereocenters. The zero-order valence-electron chi connectivity index (χ0n) is 9.65. The van der Waals surface area contributed by atoms with Gasteiger partial charge in [0.15, 0.2) is 0 Å². The van der Waals surface area contributed by atoms with Crippen LogP contribution >= 0.6 is 0 Å². The number of halogens is 1. The molecule has 92 valence electrons. The van der Waals surface area contributed by atoms with Crippen LogP contribution < -0.4 is 5.32 Å². The summed E-state index contributed by atoms with van der Waals surface area (Å²) in [6, 6.07) is 3.64. The lowest BCUT2D eigenvalue weighted by Crippen LogP contribution is -2.31. The molecule has 1 aliphatic rings. The molecule has 1 N–H and O–H groups in total. The van der Waals surface area contributed by atoms with Crippen molar-refractivity contribution in [1.82, 2.24) is 0 Å². The predicted octanol–water partition coefficient (Wildman–Crippen LogP) is 3.33. The molecule has 0 saturated heterocycles. The minimum absolute atomic E-state index is 0.0717. The van der Waals surface area contributed by atoms with Crippen molar-refractivity contribution in [1.29, 1.82) is 0 Å². The average molecular weight is 238 g/mol. The van der Waals surface area contributed by atoms with E-state index < -0.39 is 10.7 Å². The second-order valence-corrected chi connectivity index (χ2v) is 4.54. The van der Waals surface area contributed by atoms with Crippen molar-refractivity contribution < 1.29 is 9.31 Å². The lowest BCUT2D eigenvalue weighted by Gasteiger charge is -2.32. The molecule has 2 rings (SSSR count). The predicted molar refractivity (Wildman–Crippen MR) is 63.5 cm³/mol. The van der Waals surface area contributed by atoms with Crippen molar-refractivity contribution in [3.63, 3.8) is 0 Å². The van der Waals surface area contributed by atoms with Crippen LogP contribution in [0.2, 0.25) is 0 Å². The van der Waals surface area contributed by atoms with Crippen LogP contribution in [0.3, 0.4) is 0 Å². The Morgan fingerprint density at radius 1 is 1.53 bits per heavy atom. The van der Waals surface area contributed by atoms with E-state index >= 15 is 0 Å². The third-order valence-corrected chi connectivity index (χ3v) is 3.40. The molecule has 1 atom stereocenters. The molecule has 0 amide bonds. The Morgan fingerprint density at radius 3 is 2.76 bits per heavy atom. The van der Waals surface area contributed by atoms with E-state index in [1.807, 2.05) is 6.92 Å². The molecule has 1 aromatic carbocycles. The van der Waals surface area contributed by atoms with Gasteiger partial charge in [0.1, 0.15) is 11.5 Å². The van der Waals surface area contributed by atoms with Gasteiger partial charge in [0, 0.05) is 18.2 Å². The number of nitrogens with zero attached hydrogens (tertiary/aromatic N) is 1. The van der Waals surface area contributed by atoms with Crippen molar-refractivity contribution in [2.24, 2.45) is 5.92 Å². The summed E-state index contributed by atoms with van der Waals surface area (Å²) in [5, 5.41) is 13.9. The van der Waals surface area contributed by atoms with Gasteiger partial charge in [0.2, 0.25) is 0 Å². The number of anilines is 1. The molecule has 4 nitrogen and oxygen atoms in total. The van der Waals surface area contributed by atoms with Gasteiger partial charge in [0.05, 0.1) is 4.92 Å². The Hall–Kier alpha value is -1.65. The highest BCUT2D eigenvalue weighted by Crippen LogP contribution is 2.33. The maximum absolute atomic E-state index is 13.1. The number of hydrogen-bond acceptors (Lipinski definition) is 3. The minimum atomic E-state index is -0.491. The van der Waals surface area contributed by atoms with Gasteiger partial charge in [0.25, 0.3) is 5.69 Å². The molecule has 0 aliphatic heterocycles. The van der Waals surface area contributed by atoms with Gasteiger partial charge >= 0.3 is 0 Å². The van der Waals surface area contributed by atoms with E-state index in [2.05, 4.69) is 5.32 Å². The number of rotatable bonds is 4. The molecule has 1 fully saturated rings. The highest BCUT2D eigenvalue weighted by molar-refractivity contribution is 5.61. The third kappa shape index (κ3) is 2.54. The number of nitrogens with one attached hydrogen (secondary N) is 1. The first kappa shape index (κ1) is 11.8. The van der Waals surface area contributed by atoms with Crippen LogP contribution in [0, 0.1) is 21.8 Å². The minimum Gasteiger partial charge on any atom is -0.377 e. The van der Waals surface area contributed by atoms with E-state index in [1.54, 1.807) is 0 Å². The number of benzene rings is 1. The van der Waals surface area contributed by atoms with Gasteiger partial charge in [-0.15, -0.1) is 0 Å². The van der Waals surface area contributed by atoms with Gasteiger partial charge in [-0.25, -0.2) is 4.39 Å². The van der Waals surface area contributed by atoms with Crippen LogP contribution in [0.1, 0.15) is 26.2 Å². The molecule has 1 aliphatic carbocycles. The van der Waals surface area contributed by atoms with Crippen molar-refractivity contribution in [3.05, 3.63) is 34.1 Å². The summed E-state index contributed by atoms with van der Waals surface area (Å²) in [5.74, 6) is 0.0804. The Bertz CT molecular complexity index is 433. The first-order valence-corrected chi connectivity index (χ1v) is 5.78. The van der Waals surface area contributed by atoms with Crippen LogP contribution in [-0.4, -0.2) is 11.0 Å². The number of nitro benzene ring substituents is 1. The number of nitro groups is 1. The summed E-state index contributed by atoms with van der Waals surface area (Å²) in [6.07, 6.45) is 3.48. The zero-order valence-corrected chi connectivity index (χ0v) is 9.65. The van der Waals surface area contributed by atoms with Gasteiger partial charge < -0.3 is 5.32 Å². The largest absolute Gasteiger partial charge is 0.377 e. The lowest BCUT2D eigenvalue weighted by atomic mass is 9.80. The Kier molecular flexibility index (Phi) is 3.26. The quantitative estimate of drug-likeness (QED) is 0.646. The molecular weight excluding hydrogens is 223 g/mol. The highest BCUT2D eigenvalue weighted by atomic mass is 19.1. The summed E-state index contributed by atoms with van der Waals surface area (Å²) in [4.78, 5) is 10.3. The molecule has 0 bridgehead atoms. The van der Waals surface area contributed by atoms with E-state index in [0.29, 0.717) is 5.92 Å².